The van der Waals surface area contributed by atoms with Crippen LogP contribution in [-0.4, -0.2) is 44.7 Å². The summed E-state index contributed by atoms with van der Waals surface area (Å²) in [6.45, 7) is 5.52. The maximum atomic E-state index is 5.20. The number of ether oxygens (including phenoxy) is 1. The highest BCUT2D eigenvalue weighted by Crippen LogP contribution is 2.13. The molecule has 0 amide bonds. The molecule has 2 rings (SSSR count). The normalized spacial score (nSPS) is 17.5. The van der Waals surface area contributed by atoms with Gasteiger partial charge in [0.05, 0.1) is 7.11 Å². The van der Waals surface area contributed by atoms with Crippen LogP contribution in [0.4, 0.5) is 0 Å². The Balaban J connectivity index is 1.86. The molecule has 0 aliphatic carbocycles. The Labute approximate surface area is 103 Å². The average molecular weight is 232 g/mol. The smallest absolute Gasteiger partial charge is 0.119 e. The van der Waals surface area contributed by atoms with E-state index in [0.29, 0.717) is 0 Å². The van der Waals surface area contributed by atoms with Crippen molar-refractivity contribution in [3.8, 4) is 5.75 Å². The van der Waals surface area contributed by atoms with Crippen LogP contribution in [0.15, 0.2) is 30.3 Å². The number of rotatable bonds is 4. The lowest BCUT2D eigenvalue weighted by molar-refractivity contribution is 0.265. The van der Waals surface area contributed by atoms with Gasteiger partial charge in [0.1, 0.15) is 5.75 Å². The van der Waals surface area contributed by atoms with E-state index in [1.54, 1.807) is 7.11 Å². The minimum absolute atomic E-state index is 0.911. The highest BCUT2D eigenvalue weighted by atomic mass is 16.5. The molecule has 0 spiro atoms. The van der Waals surface area contributed by atoms with Crippen LogP contribution in [0.25, 0.3) is 6.08 Å². The average Bonchev–Trinajstić information content (AvgIpc) is 2.40. The van der Waals surface area contributed by atoms with E-state index >= 15 is 0 Å². The predicted octanol–water partition coefficient (Wildman–Crippen LogP) is 1.61. The molecule has 1 N–H and O–H groups in total. The van der Waals surface area contributed by atoms with Gasteiger partial charge >= 0.3 is 0 Å². The van der Waals surface area contributed by atoms with Crippen molar-refractivity contribution in [2.45, 2.75) is 0 Å². The van der Waals surface area contributed by atoms with Crippen molar-refractivity contribution in [3.63, 3.8) is 0 Å². The first-order valence-corrected chi connectivity index (χ1v) is 6.12. The van der Waals surface area contributed by atoms with Crippen molar-refractivity contribution in [2.24, 2.45) is 0 Å². The molecular formula is C14H20N2O. The summed E-state index contributed by atoms with van der Waals surface area (Å²) >= 11 is 0. The Morgan fingerprint density at radius 1 is 1.35 bits per heavy atom. The molecule has 1 heterocycles. The molecule has 1 saturated heterocycles. The van der Waals surface area contributed by atoms with Crippen molar-refractivity contribution < 1.29 is 4.74 Å². The highest BCUT2D eigenvalue weighted by molar-refractivity contribution is 5.51. The van der Waals surface area contributed by atoms with E-state index in [0.717, 1.165) is 38.5 Å². The molecule has 1 aliphatic rings. The lowest BCUT2D eigenvalue weighted by Gasteiger charge is -2.25. The second kappa shape index (κ2) is 6.42. The summed E-state index contributed by atoms with van der Waals surface area (Å²) in [4.78, 5) is 2.45. The van der Waals surface area contributed by atoms with Crippen molar-refractivity contribution in [2.75, 3.05) is 39.8 Å². The van der Waals surface area contributed by atoms with E-state index in [1.165, 1.54) is 5.56 Å². The summed E-state index contributed by atoms with van der Waals surface area (Å²) < 4.78 is 5.20. The van der Waals surface area contributed by atoms with Gasteiger partial charge in [-0.05, 0) is 17.7 Å². The molecule has 17 heavy (non-hydrogen) atoms. The van der Waals surface area contributed by atoms with E-state index in [-0.39, 0.29) is 0 Å². The zero-order chi connectivity index (χ0) is 11.9. The van der Waals surface area contributed by atoms with Crippen LogP contribution >= 0.6 is 0 Å². The van der Waals surface area contributed by atoms with Crippen LogP contribution in [0.1, 0.15) is 5.56 Å². The van der Waals surface area contributed by atoms with E-state index in [2.05, 4.69) is 28.4 Å². The number of hydrogen-bond donors (Lipinski definition) is 1. The molecule has 3 heteroatoms. The van der Waals surface area contributed by atoms with Crippen molar-refractivity contribution in [3.05, 3.63) is 35.9 Å². The van der Waals surface area contributed by atoms with Gasteiger partial charge < -0.3 is 10.1 Å². The first-order valence-electron chi connectivity index (χ1n) is 6.12. The maximum absolute atomic E-state index is 5.20. The first kappa shape index (κ1) is 12.1. The maximum Gasteiger partial charge on any atom is 0.119 e. The van der Waals surface area contributed by atoms with Gasteiger partial charge in [0.25, 0.3) is 0 Å². The Morgan fingerprint density at radius 2 is 2.18 bits per heavy atom. The summed E-state index contributed by atoms with van der Waals surface area (Å²) in [5, 5.41) is 3.36. The molecule has 0 saturated carbocycles. The Bertz CT molecular complexity index is 370. The van der Waals surface area contributed by atoms with Gasteiger partial charge in [-0.15, -0.1) is 0 Å². The highest BCUT2D eigenvalue weighted by Gasteiger charge is 2.06. The van der Waals surface area contributed by atoms with E-state index in [9.17, 15) is 0 Å². The van der Waals surface area contributed by atoms with Gasteiger partial charge in [0, 0.05) is 32.7 Å². The fraction of sp³-hybridized carbons (Fsp3) is 0.429. The van der Waals surface area contributed by atoms with Crippen molar-refractivity contribution in [1.82, 2.24) is 10.2 Å². The Hall–Kier alpha value is -1.32. The van der Waals surface area contributed by atoms with Gasteiger partial charge in [0.15, 0.2) is 0 Å². The fourth-order valence-corrected chi connectivity index (χ4v) is 1.98. The lowest BCUT2D eigenvalue weighted by atomic mass is 10.2. The topological polar surface area (TPSA) is 24.5 Å². The molecule has 1 aromatic rings. The molecular weight excluding hydrogens is 212 g/mol. The molecule has 1 aliphatic heterocycles. The SMILES string of the molecule is COc1cccc(/C=C/CN2CCNCC2)c1. The monoisotopic (exact) mass is 232 g/mol. The molecule has 92 valence electrons. The largest absolute Gasteiger partial charge is 0.497 e. The number of nitrogens with zero attached hydrogens (tertiary/aromatic N) is 1. The zero-order valence-corrected chi connectivity index (χ0v) is 10.4. The standard InChI is InChI=1S/C14H20N2O/c1-17-14-6-2-4-13(12-14)5-3-9-16-10-7-15-8-11-16/h2-6,12,15H,7-11H2,1H3/b5-3+. The fourth-order valence-electron chi connectivity index (χ4n) is 1.98. The quantitative estimate of drug-likeness (QED) is 0.853. The van der Waals surface area contributed by atoms with E-state index in [1.807, 2.05) is 18.2 Å². The number of benzene rings is 1. The van der Waals surface area contributed by atoms with Crippen LogP contribution in [-0.2, 0) is 0 Å². The van der Waals surface area contributed by atoms with Crippen LogP contribution in [0.5, 0.6) is 5.75 Å². The van der Waals surface area contributed by atoms with E-state index < -0.39 is 0 Å². The third-order valence-electron chi connectivity index (χ3n) is 2.98. The predicted molar refractivity (Wildman–Crippen MR) is 71.3 cm³/mol. The van der Waals surface area contributed by atoms with Crippen LogP contribution < -0.4 is 10.1 Å². The number of methoxy groups -OCH3 is 1. The minimum Gasteiger partial charge on any atom is -0.497 e. The summed E-state index contributed by atoms with van der Waals surface area (Å²) in [7, 11) is 1.70. The second-order valence-corrected chi connectivity index (χ2v) is 4.23. The Morgan fingerprint density at radius 3 is 2.94 bits per heavy atom. The molecule has 3 nitrogen and oxygen atoms in total. The number of nitrogens with one attached hydrogen (secondary N) is 1. The molecule has 1 fully saturated rings. The minimum atomic E-state index is 0.911. The zero-order valence-electron chi connectivity index (χ0n) is 10.4. The number of hydrogen-bond acceptors (Lipinski definition) is 3. The molecule has 1 aromatic carbocycles. The second-order valence-electron chi connectivity index (χ2n) is 4.23. The summed E-state index contributed by atoms with van der Waals surface area (Å²) in [5.41, 5.74) is 1.19. The lowest BCUT2D eigenvalue weighted by Crippen LogP contribution is -2.43. The molecule has 0 radical (unpaired) electrons. The number of piperazine rings is 1. The summed E-state index contributed by atoms with van der Waals surface area (Å²) in [6, 6.07) is 8.13. The third kappa shape index (κ3) is 3.88. The van der Waals surface area contributed by atoms with Crippen molar-refractivity contribution in [1.29, 1.82) is 0 Å². The molecule has 0 atom stereocenters. The van der Waals surface area contributed by atoms with Gasteiger partial charge in [-0.1, -0.05) is 24.3 Å². The van der Waals surface area contributed by atoms with E-state index in [4.69, 9.17) is 4.74 Å². The first-order chi connectivity index (χ1) is 8.38. The molecule has 0 bridgehead atoms. The van der Waals surface area contributed by atoms with Crippen LogP contribution in [0, 0.1) is 0 Å². The van der Waals surface area contributed by atoms with Gasteiger partial charge in [-0.25, -0.2) is 0 Å². The van der Waals surface area contributed by atoms with Crippen molar-refractivity contribution >= 4 is 6.08 Å². The summed E-state index contributed by atoms with van der Waals surface area (Å²) in [6.07, 6.45) is 4.38. The molecule has 0 unspecified atom stereocenters. The molecule has 0 aromatic heterocycles. The third-order valence-corrected chi connectivity index (χ3v) is 2.98. The Kier molecular flexibility index (Phi) is 4.59. The van der Waals surface area contributed by atoms with Crippen LogP contribution in [0.3, 0.4) is 0 Å². The van der Waals surface area contributed by atoms with Gasteiger partial charge in [-0.3, -0.25) is 4.90 Å². The van der Waals surface area contributed by atoms with Gasteiger partial charge in [0.2, 0.25) is 0 Å². The van der Waals surface area contributed by atoms with Gasteiger partial charge in [-0.2, -0.15) is 0 Å². The van der Waals surface area contributed by atoms with Crippen LogP contribution in [0.2, 0.25) is 0 Å². The summed E-state index contributed by atoms with van der Waals surface area (Å²) in [5.74, 6) is 0.911.